The second kappa shape index (κ2) is 6.44. The molecule has 0 spiro atoms. The van der Waals surface area contributed by atoms with Gasteiger partial charge in [0, 0.05) is 9.77 Å². The van der Waals surface area contributed by atoms with E-state index in [4.69, 9.17) is 16.3 Å². The lowest BCUT2D eigenvalue weighted by Gasteiger charge is -2.10. The maximum Gasteiger partial charge on any atom is 0.310 e. The van der Waals surface area contributed by atoms with Crippen LogP contribution in [0.2, 0.25) is 5.02 Å². The first-order chi connectivity index (χ1) is 7.97. The Balaban J connectivity index is 3.05. The van der Waals surface area contributed by atoms with Crippen LogP contribution >= 0.6 is 34.2 Å². The fourth-order valence-corrected chi connectivity index (χ4v) is 2.25. The van der Waals surface area contributed by atoms with Crippen molar-refractivity contribution in [2.24, 2.45) is 0 Å². The lowest BCUT2D eigenvalue weighted by molar-refractivity contribution is -0.142. The van der Waals surface area contributed by atoms with Crippen molar-refractivity contribution >= 4 is 40.2 Å². The monoisotopic (exact) mass is 375 g/mol. The van der Waals surface area contributed by atoms with Crippen LogP contribution in [-0.2, 0) is 16.0 Å². The number of alkyl halides is 2. The van der Waals surface area contributed by atoms with Crippen LogP contribution in [0.5, 0.6) is 0 Å². The molecule has 0 aliphatic carbocycles. The van der Waals surface area contributed by atoms with Gasteiger partial charge in [0.25, 0.3) is 6.43 Å². The molecule has 17 heavy (non-hydrogen) atoms. The van der Waals surface area contributed by atoms with Gasteiger partial charge in [0.2, 0.25) is 0 Å². The SMILES string of the molecule is CCOC(=O)Cc1c(I)cnc(C(F)F)c1Cl. The van der Waals surface area contributed by atoms with E-state index >= 15 is 0 Å². The van der Waals surface area contributed by atoms with Crippen LogP contribution in [0.15, 0.2) is 6.20 Å². The van der Waals surface area contributed by atoms with E-state index in [1.807, 2.05) is 22.6 Å². The molecular weight excluding hydrogens is 366 g/mol. The highest BCUT2D eigenvalue weighted by Crippen LogP contribution is 2.30. The molecule has 0 aromatic carbocycles. The Morgan fingerprint density at radius 2 is 2.29 bits per heavy atom. The Kier molecular flexibility index (Phi) is 5.51. The van der Waals surface area contributed by atoms with Gasteiger partial charge in [-0.25, -0.2) is 8.78 Å². The van der Waals surface area contributed by atoms with Gasteiger partial charge in [-0.3, -0.25) is 9.78 Å². The minimum absolute atomic E-state index is 0.132. The van der Waals surface area contributed by atoms with Crippen LogP contribution in [0.3, 0.4) is 0 Å². The van der Waals surface area contributed by atoms with Crippen LogP contribution in [0.25, 0.3) is 0 Å². The number of carbonyl (C=O) groups is 1. The van der Waals surface area contributed by atoms with Crippen LogP contribution < -0.4 is 0 Å². The molecule has 94 valence electrons. The maximum atomic E-state index is 12.6. The van der Waals surface area contributed by atoms with Gasteiger partial charge in [-0.05, 0) is 35.1 Å². The second-order valence-corrected chi connectivity index (χ2v) is 4.61. The average Bonchev–Trinajstić information content (AvgIpc) is 2.24. The molecule has 0 aliphatic heterocycles. The van der Waals surface area contributed by atoms with Crippen molar-refractivity contribution in [3.8, 4) is 0 Å². The highest BCUT2D eigenvalue weighted by atomic mass is 127. The Morgan fingerprint density at radius 1 is 1.65 bits per heavy atom. The molecule has 0 unspecified atom stereocenters. The summed E-state index contributed by atoms with van der Waals surface area (Å²) < 4.78 is 30.4. The zero-order valence-electron chi connectivity index (χ0n) is 8.84. The number of nitrogens with zero attached hydrogens (tertiary/aromatic N) is 1. The van der Waals surface area contributed by atoms with Crippen LogP contribution in [0, 0.1) is 3.57 Å². The number of halogens is 4. The minimum atomic E-state index is -2.76. The van der Waals surface area contributed by atoms with Crippen molar-refractivity contribution in [3.63, 3.8) is 0 Å². The normalized spacial score (nSPS) is 10.7. The molecular formula is C10H9ClF2INO2. The Morgan fingerprint density at radius 3 is 2.82 bits per heavy atom. The summed E-state index contributed by atoms with van der Waals surface area (Å²) >= 11 is 7.69. The molecule has 0 aliphatic rings. The van der Waals surface area contributed by atoms with Crippen molar-refractivity contribution in [3.05, 3.63) is 26.0 Å². The molecule has 3 nitrogen and oxygen atoms in total. The van der Waals surface area contributed by atoms with Crippen molar-refractivity contribution < 1.29 is 18.3 Å². The van der Waals surface area contributed by atoms with Crippen LogP contribution in [0.1, 0.15) is 24.6 Å². The molecule has 0 N–H and O–H groups in total. The first-order valence-electron chi connectivity index (χ1n) is 4.73. The smallest absolute Gasteiger partial charge is 0.310 e. The predicted molar refractivity (Wildman–Crippen MR) is 67.3 cm³/mol. The summed E-state index contributed by atoms with van der Waals surface area (Å²) in [7, 11) is 0. The number of aromatic nitrogens is 1. The number of ether oxygens (including phenoxy) is 1. The van der Waals surface area contributed by atoms with E-state index in [-0.39, 0.29) is 18.1 Å². The topological polar surface area (TPSA) is 39.2 Å². The molecule has 0 saturated carbocycles. The summed E-state index contributed by atoms with van der Waals surface area (Å²) in [4.78, 5) is 14.9. The van der Waals surface area contributed by atoms with Crippen molar-refractivity contribution in [1.29, 1.82) is 0 Å². The first kappa shape index (κ1) is 14.6. The Bertz CT molecular complexity index is 429. The van der Waals surface area contributed by atoms with Gasteiger partial charge in [-0.2, -0.15) is 0 Å². The van der Waals surface area contributed by atoms with Gasteiger partial charge in [0.15, 0.2) is 0 Å². The third-order valence-corrected chi connectivity index (χ3v) is 3.28. The van der Waals surface area contributed by atoms with E-state index in [1.54, 1.807) is 6.92 Å². The molecule has 0 amide bonds. The standard InChI is InChI=1S/C10H9ClF2INO2/c1-2-17-7(16)3-5-6(14)4-15-9(8(5)11)10(12)13/h4,10H,2-3H2,1H3. The van der Waals surface area contributed by atoms with Crippen molar-refractivity contribution in [2.45, 2.75) is 19.8 Å². The highest BCUT2D eigenvalue weighted by Gasteiger charge is 2.20. The molecule has 7 heteroatoms. The largest absolute Gasteiger partial charge is 0.466 e. The van der Waals surface area contributed by atoms with Gasteiger partial charge < -0.3 is 4.74 Å². The fraction of sp³-hybridized carbons (Fsp3) is 0.400. The molecule has 0 radical (unpaired) electrons. The van der Waals surface area contributed by atoms with E-state index < -0.39 is 18.1 Å². The zero-order chi connectivity index (χ0) is 13.0. The second-order valence-electron chi connectivity index (χ2n) is 3.07. The summed E-state index contributed by atoms with van der Waals surface area (Å²) in [6, 6.07) is 0. The van der Waals surface area contributed by atoms with Gasteiger partial charge in [0.05, 0.1) is 18.1 Å². The number of esters is 1. The Hall–Kier alpha value is -0.500. The number of pyridine rings is 1. The maximum absolute atomic E-state index is 12.6. The predicted octanol–water partition coefficient (Wildman–Crippen LogP) is 3.38. The third kappa shape index (κ3) is 3.74. The van der Waals surface area contributed by atoms with E-state index in [9.17, 15) is 13.6 Å². The molecule has 0 fully saturated rings. The van der Waals surface area contributed by atoms with Crippen molar-refractivity contribution in [2.75, 3.05) is 6.61 Å². The van der Waals surface area contributed by atoms with E-state index in [0.29, 0.717) is 9.13 Å². The average molecular weight is 376 g/mol. The van der Waals surface area contributed by atoms with Crippen LogP contribution in [-0.4, -0.2) is 17.6 Å². The van der Waals surface area contributed by atoms with Gasteiger partial charge in [-0.15, -0.1) is 0 Å². The van der Waals surface area contributed by atoms with Crippen molar-refractivity contribution in [1.82, 2.24) is 4.98 Å². The quantitative estimate of drug-likeness (QED) is 0.598. The number of hydrogen-bond donors (Lipinski definition) is 0. The lowest BCUT2D eigenvalue weighted by atomic mass is 10.1. The molecule has 1 rings (SSSR count). The van der Waals surface area contributed by atoms with Crippen LogP contribution in [0.4, 0.5) is 8.78 Å². The van der Waals surface area contributed by atoms with Gasteiger partial charge in [-0.1, -0.05) is 11.6 Å². The molecule has 1 heterocycles. The first-order valence-corrected chi connectivity index (χ1v) is 6.19. The minimum Gasteiger partial charge on any atom is -0.466 e. The van der Waals surface area contributed by atoms with E-state index in [1.165, 1.54) is 6.20 Å². The molecule has 1 aromatic heterocycles. The summed E-state index contributed by atoms with van der Waals surface area (Å²) in [6.45, 7) is 1.90. The number of rotatable bonds is 4. The lowest BCUT2D eigenvalue weighted by Crippen LogP contribution is -2.10. The van der Waals surface area contributed by atoms with Gasteiger partial charge in [0.1, 0.15) is 5.69 Å². The summed E-state index contributed by atoms with van der Waals surface area (Å²) in [5.74, 6) is -0.501. The summed E-state index contributed by atoms with van der Waals surface area (Å²) in [6.07, 6.45) is -1.63. The zero-order valence-corrected chi connectivity index (χ0v) is 11.8. The fourth-order valence-electron chi connectivity index (χ4n) is 1.19. The highest BCUT2D eigenvalue weighted by molar-refractivity contribution is 14.1. The van der Waals surface area contributed by atoms with Gasteiger partial charge >= 0.3 is 5.97 Å². The van der Waals surface area contributed by atoms with E-state index in [2.05, 4.69) is 4.98 Å². The molecule has 0 bridgehead atoms. The third-order valence-electron chi connectivity index (χ3n) is 1.93. The van der Waals surface area contributed by atoms with E-state index in [0.717, 1.165) is 0 Å². The number of carbonyl (C=O) groups excluding carboxylic acids is 1. The number of hydrogen-bond acceptors (Lipinski definition) is 3. The molecule has 0 atom stereocenters. The summed E-state index contributed by atoms with van der Waals surface area (Å²) in [5, 5.41) is -0.167. The Labute approximate surface area is 116 Å². The summed E-state index contributed by atoms with van der Waals surface area (Å²) in [5.41, 5.74) is -0.178. The molecule has 1 aromatic rings. The molecule has 0 saturated heterocycles.